The molecule has 0 spiro atoms. The van der Waals surface area contributed by atoms with Crippen LogP contribution in [0.5, 0.6) is 0 Å². The highest BCUT2D eigenvalue weighted by atomic mass is 16.5. The van der Waals surface area contributed by atoms with Crippen LogP contribution in [0.3, 0.4) is 0 Å². The number of ether oxygens (including phenoxy) is 1. The van der Waals surface area contributed by atoms with Gasteiger partial charge in [-0.2, -0.15) is 0 Å². The molecule has 6 nitrogen and oxygen atoms in total. The number of aliphatic imine (C=N–C) groups is 1. The minimum atomic E-state index is -0.432. The molecule has 0 atom stereocenters. The summed E-state index contributed by atoms with van der Waals surface area (Å²) in [6.07, 6.45) is 0. The summed E-state index contributed by atoms with van der Waals surface area (Å²) in [5, 5.41) is 0.472. The Morgan fingerprint density at radius 1 is 1.39 bits per heavy atom. The van der Waals surface area contributed by atoms with E-state index in [0.717, 1.165) is 10.1 Å². The number of nitrogens with zero attached hydrogens (tertiary/aromatic N) is 2. The smallest absolute Gasteiger partial charge is 0.328 e. The van der Waals surface area contributed by atoms with Gasteiger partial charge in [0, 0.05) is 12.6 Å². The minimum Gasteiger partial charge on any atom is -0.476 e. The Balaban J connectivity index is 2.27. The third kappa shape index (κ3) is 1.54. The lowest BCUT2D eigenvalue weighted by Gasteiger charge is -2.04. The van der Waals surface area contributed by atoms with Crippen molar-refractivity contribution in [2.45, 2.75) is 0 Å². The number of hydrogen-bond donors (Lipinski definition) is 1. The molecule has 0 unspecified atom stereocenters. The van der Waals surface area contributed by atoms with Gasteiger partial charge >= 0.3 is 5.69 Å². The van der Waals surface area contributed by atoms with Gasteiger partial charge in [-0.05, 0) is 18.2 Å². The molecule has 2 aromatic rings. The van der Waals surface area contributed by atoms with E-state index < -0.39 is 5.69 Å². The van der Waals surface area contributed by atoms with Gasteiger partial charge in [-0.1, -0.05) is 0 Å². The summed E-state index contributed by atoms with van der Waals surface area (Å²) in [5.74, 6) is 0.554. The lowest BCUT2D eigenvalue weighted by molar-refractivity contribution is 0.348. The average molecular weight is 245 g/mol. The Hall–Kier alpha value is -2.37. The van der Waals surface area contributed by atoms with E-state index in [1.807, 2.05) is 0 Å². The fourth-order valence-corrected chi connectivity index (χ4v) is 1.95. The lowest BCUT2D eigenvalue weighted by Crippen LogP contribution is -2.32. The third-order valence-corrected chi connectivity index (χ3v) is 2.93. The number of benzene rings is 1. The predicted octanol–water partition coefficient (Wildman–Crippen LogP) is 0.00360. The maximum Gasteiger partial charge on any atom is 0.328 e. The molecule has 1 aromatic heterocycles. The van der Waals surface area contributed by atoms with E-state index in [4.69, 9.17) is 4.74 Å². The summed E-state index contributed by atoms with van der Waals surface area (Å²) >= 11 is 0. The predicted molar refractivity (Wildman–Crippen MR) is 67.2 cm³/mol. The van der Waals surface area contributed by atoms with Gasteiger partial charge in [0.1, 0.15) is 6.61 Å². The van der Waals surface area contributed by atoms with Crippen molar-refractivity contribution in [1.29, 1.82) is 0 Å². The van der Waals surface area contributed by atoms with Gasteiger partial charge in [0.25, 0.3) is 5.56 Å². The molecular weight excluding hydrogens is 234 g/mol. The fraction of sp³-hybridized carbons (Fsp3) is 0.250. The van der Waals surface area contributed by atoms with Gasteiger partial charge in [0.2, 0.25) is 5.90 Å². The summed E-state index contributed by atoms with van der Waals surface area (Å²) in [7, 11) is 1.44. The van der Waals surface area contributed by atoms with Gasteiger partial charge in [-0.25, -0.2) is 9.79 Å². The summed E-state index contributed by atoms with van der Waals surface area (Å²) < 4.78 is 6.39. The van der Waals surface area contributed by atoms with Crippen molar-refractivity contribution in [3.05, 3.63) is 44.6 Å². The maximum absolute atomic E-state index is 11.9. The molecule has 0 aliphatic carbocycles. The molecular formula is C12H11N3O3. The molecule has 0 fully saturated rings. The van der Waals surface area contributed by atoms with Gasteiger partial charge in [-0.3, -0.25) is 9.36 Å². The topological polar surface area (TPSA) is 76.4 Å². The molecule has 2 heterocycles. The third-order valence-electron chi connectivity index (χ3n) is 2.93. The summed E-state index contributed by atoms with van der Waals surface area (Å²) in [6.45, 7) is 1.21. The van der Waals surface area contributed by atoms with E-state index in [9.17, 15) is 9.59 Å². The second kappa shape index (κ2) is 3.83. The van der Waals surface area contributed by atoms with E-state index in [-0.39, 0.29) is 5.56 Å². The van der Waals surface area contributed by atoms with Crippen LogP contribution in [0.15, 0.2) is 32.8 Å². The molecule has 0 saturated heterocycles. The lowest BCUT2D eigenvalue weighted by atomic mass is 10.1. The van der Waals surface area contributed by atoms with Crippen molar-refractivity contribution < 1.29 is 4.74 Å². The Kier molecular flexibility index (Phi) is 2.29. The maximum atomic E-state index is 11.9. The van der Waals surface area contributed by atoms with Crippen LogP contribution in [-0.2, 0) is 11.8 Å². The summed E-state index contributed by atoms with van der Waals surface area (Å²) in [4.78, 5) is 30.2. The molecule has 0 bridgehead atoms. The monoisotopic (exact) mass is 245 g/mol. The molecule has 6 heteroatoms. The van der Waals surface area contributed by atoms with Gasteiger partial charge < -0.3 is 9.72 Å². The Bertz CT molecular complexity index is 770. The molecule has 0 amide bonds. The number of rotatable bonds is 1. The second-order valence-corrected chi connectivity index (χ2v) is 4.09. The van der Waals surface area contributed by atoms with E-state index in [2.05, 4.69) is 9.98 Å². The van der Waals surface area contributed by atoms with Crippen LogP contribution in [0.1, 0.15) is 5.56 Å². The first kappa shape index (κ1) is 10.8. The largest absolute Gasteiger partial charge is 0.476 e. The van der Waals surface area contributed by atoms with Crippen molar-refractivity contribution in [2.24, 2.45) is 12.0 Å². The summed E-state index contributed by atoms with van der Waals surface area (Å²) in [6, 6.07) is 5.15. The zero-order chi connectivity index (χ0) is 12.7. The van der Waals surface area contributed by atoms with E-state index in [0.29, 0.717) is 30.0 Å². The average Bonchev–Trinajstić information content (AvgIpc) is 2.89. The molecule has 1 aliphatic heterocycles. The SMILES string of the molecule is Cn1c(=O)[nH]c2cc(C3=NCCO3)ccc2c1=O. The van der Waals surface area contributed by atoms with Crippen LogP contribution in [0.4, 0.5) is 0 Å². The first-order valence-electron chi connectivity index (χ1n) is 5.57. The quantitative estimate of drug-likeness (QED) is 0.768. The first-order chi connectivity index (χ1) is 8.66. The van der Waals surface area contributed by atoms with Crippen LogP contribution in [0, 0.1) is 0 Å². The van der Waals surface area contributed by atoms with Crippen molar-refractivity contribution >= 4 is 16.8 Å². The second-order valence-electron chi connectivity index (χ2n) is 4.09. The molecule has 1 aliphatic rings. The first-order valence-corrected chi connectivity index (χ1v) is 5.57. The number of hydrogen-bond acceptors (Lipinski definition) is 4. The van der Waals surface area contributed by atoms with Crippen LogP contribution in [-0.4, -0.2) is 28.6 Å². The Morgan fingerprint density at radius 2 is 2.22 bits per heavy atom. The van der Waals surface area contributed by atoms with Crippen molar-refractivity contribution in [3.63, 3.8) is 0 Å². The number of fused-ring (bicyclic) bond motifs is 1. The van der Waals surface area contributed by atoms with Crippen molar-refractivity contribution in [3.8, 4) is 0 Å². The van der Waals surface area contributed by atoms with Crippen LogP contribution in [0.2, 0.25) is 0 Å². The Morgan fingerprint density at radius 3 is 2.94 bits per heavy atom. The number of H-pyrrole nitrogens is 1. The van der Waals surface area contributed by atoms with E-state index >= 15 is 0 Å². The molecule has 0 radical (unpaired) electrons. The van der Waals surface area contributed by atoms with Crippen LogP contribution < -0.4 is 11.2 Å². The summed E-state index contributed by atoms with van der Waals surface area (Å²) in [5.41, 5.74) is 0.524. The van der Waals surface area contributed by atoms with Gasteiger partial charge in [-0.15, -0.1) is 0 Å². The number of aromatic amines is 1. The number of aromatic nitrogens is 2. The standard InChI is InChI=1S/C12H11N3O3/c1-15-11(16)8-3-2-7(10-13-4-5-18-10)6-9(8)14-12(15)17/h2-3,6H,4-5H2,1H3,(H,14,17). The highest BCUT2D eigenvalue weighted by Gasteiger charge is 2.12. The fourth-order valence-electron chi connectivity index (χ4n) is 1.95. The Labute approximate surface area is 102 Å². The molecule has 0 saturated carbocycles. The molecule has 92 valence electrons. The van der Waals surface area contributed by atoms with Gasteiger partial charge in [0.05, 0.1) is 17.4 Å². The van der Waals surface area contributed by atoms with Crippen LogP contribution in [0.25, 0.3) is 10.9 Å². The zero-order valence-electron chi connectivity index (χ0n) is 9.77. The van der Waals surface area contributed by atoms with Gasteiger partial charge in [0.15, 0.2) is 0 Å². The minimum absolute atomic E-state index is 0.311. The highest BCUT2D eigenvalue weighted by molar-refractivity contribution is 5.98. The molecule has 1 N–H and O–H groups in total. The van der Waals surface area contributed by atoms with E-state index in [1.165, 1.54) is 7.05 Å². The zero-order valence-corrected chi connectivity index (χ0v) is 9.77. The molecule has 18 heavy (non-hydrogen) atoms. The normalized spacial score (nSPS) is 14.6. The highest BCUT2D eigenvalue weighted by Crippen LogP contribution is 2.12. The molecule has 3 rings (SSSR count). The van der Waals surface area contributed by atoms with E-state index in [1.54, 1.807) is 18.2 Å². The van der Waals surface area contributed by atoms with Crippen molar-refractivity contribution in [1.82, 2.24) is 9.55 Å². The molecule has 1 aromatic carbocycles. The van der Waals surface area contributed by atoms with Crippen molar-refractivity contribution in [2.75, 3.05) is 13.2 Å². The number of nitrogens with one attached hydrogen (secondary N) is 1. The van der Waals surface area contributed by atoms with Crippen LogP contribution >= 0.6 is 0 Å².